The van der Waals surface area contributed by atoms with Crippen LogP contribution in [0.25, 0.3) is 5.57 Å². The Morgan fingerprint density at radius 2 is 1.81 bits per heavy atom. The molecule has 0 radical (unpaired) electrons. The molecule has 16 heavy (non-hydrogen) atoms. The van der Waals surface area contributed by atoms with Crippen molar-refractivity contribution in [3.63, 3.8) is 0 Å². The zero-order valence-electron chi connectivity index (χ0n) is 10.4. The quantitative estimate of drug-likeness (QED) is 0.551. The SMILES string of the molecule is C=C(C)/C(=C\C(C)=O)c1ccc(C)c(C)c1. The van der Waals surface area contributed by atoms with Crippen molar-refractivity contribution < 1.29 is 4.79 Å². The number of hydrogen-bond acceptors (Lipinski definition) is 1. The highest BCUT2D eigenvalue weighted by molar-refractivity contribution is 5.98. The van der Waals surface area contributed by atoms with Crippen molar-refractivity contribution >= 4 is 11.4 Å². The standard InChI is InChI=1S/C15H18O/c1-10(2)15(9-13(5)16)14-7-6-11(3)12(4)8-14/h6-9H,1H2,2-5H3/b15-9+. The molecule has 0 fully saturated rings. The molecule has 1 heteroatoms. The minimum Gasteiger partial charge on any atom is -0.295 e. The van der Waals surface area contributed by atoms with Crippen LogP contribution in [0.3, 0.4) is 0 Å². The maximum Gasteiger partial charge on any atom is 0.153 e. The summed E-state index contributed by atoms with van der Waals surface area (Å²) in [6.07, 6.45) is 1.65. The third-order valence-electron chi connectivity index (χ3n) is 2.63. The van der Waals surface area contributed by atoms with E-state index in [9.17, 15) is 4.79 Å². The summed E-state index contributed by atoms with van der Waals surface area (Å²) in [6, 6.07) is 6.20. The van der Waals surface area contributed by atoms with Gasteiger partial charge in [0.05, 0.1) is 0 Å². The van der Waals surface area contributed by atoms with Crippen molar-refractivity contribution in [1.29, 1.82) is 0 Å². The van der Waals surface area contributed by atoms with Gasteiger partial charge < -0.3 is 0 Å². The van der Waals surface area contributed by atoms with Gasteiger partial charge in [-0.3, -0.25) is 4.79 Å². The lowest BCUT2D eigenvalue weighted by Crippen LogP contribution is -1.92. The molecule has 84 valence electrons. The van der Waals surface area contributed by atoms with Gasteiger partial charge in [-0.05, 0) is 56.0 Å². The number of carbonyl (C=O) groups excluding carboxylic acids is 1. The molecule has 0 unspecified atom stereocenters. The van der Waals surface area contributed by atoms with Crippen LogP contribution in [0.4, 0.5) is 0 Å². The van der Waals surface area contributed by atoms with E-state index >= 15 is 0 Å². The molecule has 0 heterocycles. The van der Waals surface area contributed by atoms with Crippen LogP contribution in [-0.4, -0.2) is 5.78 Å². The van der Waals surface area contributed by atoms with E-state index in [4.69, 9.17) is 0 Å². The predicted molar refractivity (Wildman–Crippen MR) is 69.4 cm³/mol. The lowest BCUT2D eigenvalue weighted by atomic mass is 9.96. The van der Waals surface area contributed by atoms with Crippen molar-refractivity contribution in [2.45, 2.75) is 27.7 Å². The number of allylic oxidation sites excluding steroid dienone is 3. The van der Waals surface area contributed by atoms with Gasteiger partial charge in [0.25, 0.3) is 0 Å². The van der Waals surface area contributed by atoms with Gasteiger partial charge in [0.2, 0.25) is 0 Å². The molecular formula is C15H18O. The topological polar surface area (TPSA) is 17.1 Å². The van der Waals surface area contributed by atoms with Gasteiger partial charge in [0, 0.05) is 0 Å². The fourth-order valence-corrected chi connectivity index (χ4v) is 1.57. The zero-order valence-corrected chi connectivity index (χ0v) is 10.4. The second-order valence-electron chi connectivity index (χ2n) is 4.25. The largest absolute Gasteiger partial charge is 0.295 e. The lowest BCUT2D eigenvalue weighted by molar-refractivity contribution is -0.112. The second-order valence-corrected chi connectivity index (χ2v) is 4.25. The molecule has 1 nitrogen and oxygen atoms in total. The van der Waals surface area contributed by atoms with Crippen LogP contribution in [0, 0.1) is 13.8 Å². The van der Waals surface area contributed by atoms with E-state index in [1.165, 1.54) is 11.1 Å². The van der Waals surface area contributed by atoms with Crippen LogP contribution in [0.2, 0.25) is 0 Å². The van der Waals surface area contributed by atoms with E-state index < -0.39 is 0 Å². The van der Waals surface area contributed by atoms with Crippen LogP contribution < -0.4 is 0 Å². The average Bonchev–Trinajstić information content (AvgIpc) is 2.18. The molecule has 0 amide bonds. The molecule has 0 saturated heterocycles. The maximum atomic E-state index is 11.2. The third kappa shape index (κ3) is 2.93. The van der Waals surface area contributed by atoms with Crippen molar-refractivity contribution in [2.75, 3.05) is 0 Å². The second kappa shape index (κ2) is 4.93. The highest BCUT2D eigenvalue weighted by Crippen LogP contribution is 2.23. The molecule has 0 N–H and O–H groups in total. The van der Waals surface area contributed by atoms with Gasteiger partial charge in [-0.2, -0.15) is 0 Å². The summed E-state index contributed by atoms with van der Waals surface area (Å²) in [7, 11) is 0. The Morgan fingerprint density at radius 1 is 1.19 bits per heavy atom. The Hall–Kier alpha value is -1.63. The first-order valence-corrected chi connectivity index (χ1v) is 5.37. The van der Waals surface area contributed by atoms with Crippen molar-refractivity contribution in [3.8, 4) is 0 Å². The summed E-state index contributed by atoms with van der Waals surface area (Å²) in [5.41, 5.74) is 5.39. The van der Waals surface area contributed by atoms with E-state index in [-0.39, 0.29) is 5.78 Å². The van der Waals surface area contributed by atoms with Crippen LogP contribution in [0.1, 0.15) is 30.5 Å². The summed E-state index contributed by atoms with van der Waals surface area (Å²) < 4.78 is 0. The molecule has 0 bridgehead atoms. The van der Waals surface area contributed by atoms with Crippen LogP contribution in [-0.2, 0) is 4.79 Å². The summed E-state index contributed by atoms with van der Waals surface area (Å²) in [4.78, 5) is 11.2. The van der Waals surface area contributed by atoms with Crippen LogP contribution in [0.15, 0.2) is 36.4 Å². The summed E-state index contributed by atoms with van der Waals surface area (Å²) in [5.74, 6) is 0.0521. The Morgan fingerprint density at radius 3 is 2.25 bits per heavy atom. The lowest BCUT2D eigenvalue weighted by Gasteiger charge is -2.09. The molecule has 1 rings (SSSR count). The van der Waals surface area contributed by atoms with Gasteiger partial charge >= 0.3 is 0 Å². The summed E-state index contributed by atoms with van der Waals surface area (Å²) >= 11 is 0. The van der Waals surface area contributed by atoms with Crippen LogP contribution in [0.5, 0.6) is 0 Å². The first kappa shape index (κ1) is 12.4. The number of hydrogen-bond donors (Lipinski definition) is 0. The molecule has 1 aromatic carbocycles. The van der Waals surface area contributed by atoms with E-state index in [0.717, 1.165) is 16.7 Å². The highest BCUT2D eigenvalue weighted by Gasteiger charge is 2.05. The van der Waals surface area contributed by atoms with Gasteiger partial charge in [-0.25, -0.2) is 0 Å². The smallest absolute Gasteiger partial charge is 0.153 e. The van der Waals surface area contributed by atoms with Gasteiger partial charge in [0.15, 0.2) is 5.78 Å². The fraction of sp³-hybridized carbons (Fsp3) is 0.267. The van der Waals surface area contributed by atoms with Crippen LogP contribution >= 0.6 is 0 Å². The number of rotatable bonds is 3. The molecule has 0 atom stereocenters. The number of aryl methyl sites for hydroxylation is 2. The maximum absolute atomic E-state index is 11.2. The zero-order chi connectivity index (χ0) is 12.3. The van der Waals surface area contributed by atoms with Crippen molar-refractivity contribution in [2.24, 2.45) is 0 Å². The molecule has 0 spiro atoms. The minimum atomic E-state index is 0.0521. The summed E-state index contributed by atoms with van der Waals surface area (Å²) in [5, 5.41) is 0. The van der Waals surface area contributed by atoms with E-state index in [1.54, 1.807) is 13.0 Å². The normalized spacial score (nSPS) is 11.4. The monoisotopic (exact) mass is 214 g/mol. The van der Waals surface area contributed by atoms with E-state index in [2.05, 4.69) is 32.6 Å². The molecule has 1 aromatic rings. The van der Waals surface area contributed by atoms with Gasteiger partial charge in [0.1, 0.15) is 0 Å². The Labute approximate surface area is 97.5 Å². The molecule has 0 saturated carbocycles. The van der Waals surface area contributed by atoms with Crippen molar-refractivity contribution in [3.05, 3.63) is 53.1 Å². The van der Waals surface area contributed by atoms with Gasteiger partial charge in [-0.1, -0.05) is 30.4 Å². The van der Waals surface area contributed by atoms with E-state index in [0.29, 0.717) is 0 Å². The average molecular weight is 214 g/mol. The minimum absolute atomic E-state index is 0.0521. The molecular weight excluding hydrogens is 196 g/mol. The fourth-order valence-electron chi connectivity index (χ4n) is 1.57. The molecule has 0 aromatic heterocycles. The third-order valence-corrected chi connectivity index (χ3v) is 2.63. The predicted octanol–water partition coefficient (Wildman–Crippen LogP) is 3.85. The number of ketones is 1. The number of carbonyl (C=O) groups is 1. The molecule has 0 aliphatic heterocycles. The Bertz CT molecular complexity index is 464. The Kier molecular flexibility index (Phi) is 3.83. The van der Waals surface area contributed by atoms with E-state index in [1.807, 2.05) is 13.0 Å². The highest BCUT2D eigenvalue weighted by atomic mass is 16.1. The Balaban J connectivity index is 3.27. The first-order valence-electron chi connectivity index (χ1n) is 5.37. The summed E-state index contributed by atoms with van der Waals surface area (Å²) in [6.45, 7) is 11.5. The molecule has 0 aliphatic rings. The molecule has 0 aliphatic carbocycles. The van der Waals surface area contributed by atoms with Gasteiger partial charge in [-0.15, -0.1) is 0 Å². The number of benzene rings is 1. The van der Waals surface area contributed by atoms with Crippen molar-refractivity contribution in [1.82, 2.24) is 0 Å². The first-order chi connectivity index (χ1) is 7.41.